The number of nitrogens with one attached hydrogen (secondary N) is 1. The lowest BCUT2D eigenvalue weighted by Gasteiger charge is -2.18. The average molecular weight is 247 g/mol. The van der Waals surface area contributed by atoms with Crippen molar-refractivity contribution in [2.75, 3.05) is 6.54 Å². The Hall–Kier alpha value is -1.83. The van der Waals surface area contributed by atoms with Crippen molar-refractivity contribution in [3.05, 3.63) is 35.4 Å². The topological polar surface area (TPSA) is 69.6 Å². The van der Waals surface area contributed by atoms with Gasteiger partial charge in [0.05, 0.1) is 6.10 Å². The molecule has 1 rings (SSSR count). The highest BCUT2D eigenvalue weighted by atomic mass is 16.3. The fraction of sp³-hybridized carbons (Fsp3) is 0.357. The Balaban J connectivity index is 2.54. The Morgan fingerprint density at radius 1 is 1.39 bits per heavy atom. The van der Waals surface area contributed by atoms with Gasteiger partial charge in [-0.25, -0.2) is 0 Å². The quantitative estimate of drug-likeness (QED) is 0.667. The van der Waals surface area contributed by atoms with Crippen LogP contribution < -0.4 is 5.32 Å². The summed E-state index contributed by atoms with van der Waals surface area (Å²) < 4.78 is 0. The second kappa shape index (κ2) is 6.80. The Kier molecular flexibility index (Phi) is 5.37. The van der Waals surface area contributed by atoms with Crippen molar-refractivity contribution in [3.63, 3.8) is 0 Å². The van der Waals surface area contributed by atoms with E-state index in [9.17, 15) is 15.0 Å². The smallest absolute Gasteiger partial charge is 0.216 e. The number of aliphatic hydroxyl groups is 2. The molecule has 96 valence electrons. The Labute approximate surface area is 107 Å². The van der Waals surface area contributed by atoms with Crippen LogP contribution in [0.3, 0.4) is 0 Å². The van der Waals surface area contributed by atoms with Gasteiger partial charge < -0.3 is 15.5 Å². The van der Waals surface area contributed by atoms with E-state index in [0.717, 1.165) is 5.56 Å². The lowest BCUT2D eigenvalue weighted by Crippen LogP contribution is -2.27. The van der Waals surface area contributed by atoms with E-state index in [1.165, 1.54) is 6.92 Å². The van der Waals surface area contributed by atoms with Gasteiger partial charge in [-0.3, -0.25) is 4.79 Å². The first-order chi connectivity index (χ1) is 8.54. The summed E-state index contributed by atoms with van der Waals surface area (Å²) in [4.78, 5) is 10.7. The zero-order chi connectivity index (χ0) is 13.5. The van der Waals surface area contributed by atoms with E-state index in [1.807, 2.05) is 0 Å². The second-order valence-corrected chi connectivity index (χ2v) is 4.05. The minimum Gasteiger partial charge on any atom is -0.390 e. The van der Waals surface area contributed by atoms with Crippen LogP contribution in [0.5, 0.6) is 0 Å². The predicted octanol–water partition coefficient (Wildman–Crippen LogP) is 0.588. The minimum atomic E-state index is -0.981. The van der Waals surface area contributed by atoms with Crippen LogP contribution in [0.25, 0.3) is 0 Å². The molecule has 1 aromatic rings. The summed E-state index contributed by atoms with van der Waals surface area (Å²) in [5, 5.41) is 22.2. The van der Waals surface area contributed by atoms with Crippen molar-refractivity contribution in [2.45, 2.75) is 25.6 Å². The van der Waals surface area contributed by atoms with Gasteiger partial charge in [0, 0.05) is 19.0 Å². The van der Waals surface area contributed by atoms with E-state index < -0.39 is 12.2 Å². The molecule has 0 bridgehead atoms. The summed E-state index contributed by atoms with van der Waals surface area (Å²) in [5.41, 5.74) is 1.32. The molecule has 0 aliphatic carbocycles. The third-order valence-corrected chi connectivity index (χ3v) is 2.60. The van der Waals surface area contributed by atoms with Crippen molar-refractivity contribution in [1.29, 1.82) is 0 Å². The molecule has 0 aliphatic heterocycles. The first-order valence-corrected chi connectivity index (χ1v) is 5.71. The molecule has 0 radical (unpaired) electrons. The third-order valence-electron chi connectivity index (χ3n) is 2.60. The molecule has 0 saturated carbocycles. The SMILES string of the molecule is C#Cc1ccc(C(O)C(O)CCNC(C)=O)cc1. The number of carbonyl (C=O) groups is 1. The molecular formula is C14H17NO3. The van der Waals surface area contributed by atoms with Crippen LogP contribution in [-0.4, -0.2) is 28.8 Å². The number of terminal acetylenes is 1. The molecule has 4 nitrogen and oxygen atoms in total. The van der Waals surface area contributed by atoms with Crippen LogP contribution in [-0.2, 0) is 4.79 Å². The summed E-state index contributed by atoms with van der Waals surface area (Å²) in [6.45, 7) is 1.73. The van der Waals surface area contributed by atoms with Crippen molar-refractivity contribution in [3.8, 4) is 12.3 Å². The highest BCUT2D eigenvalue weighted by molar-refractivity contribution is 5.72. The Morgan fingerprint density at radius 2 is 2.00 bits per heavy atom. The largest absolute Gasteiger partial charge is 0.390 e. The fourth-order valence-corrected chi connectivity index (χ4v) is 1.55. The van der Waals surface area contributed by atoms with Crippen LogP contribution in [0, 0.1) is 12.3 Å². The van der Waals surface area contributed by atoms with Crippen molar-refractivity contribution in [1.82, 2.24) is 5.32 Å². The zero-order valence-corrected chi connectivity index (χ0v) is 10.3. The molecule has 2 atom stereocenters. The average Bonchev–Trinajstić information content (AvgIpc) is 2.37. The number of benzene rings is 1. The van der Waals surface area contributed by atoms with Crippen molar-refractivity contribution >= 4 is 5.91 Å². The van der Waals surface area contributed by atoms with E-state index in [0.29, 0.717) is 12.1 Å². The first-order valence-electron chi connectivity index (χ1n) is 5.71. The number of rotatable bonds is 5. The lowest BCUT2D eigenvalue weighted by molar-refractivity contribution is -0.119. The molecule has 1 aromatic carbocycles. The van der Waals surface area contributed by atoms with E-state index in [4.69, 9.17) is 6.42 Å². The second-order valence-electron chi connectivity index (χ2n) is 4.05. The van der Waals surface area contributed by atoms with Gasteiger partial charge in [0.25, 0.3) is 0 Å². The molecule has 0 aromatic heterocycles. The number of aliphatic hydroxyl groups excluding tert-OH is 2. The van der Waals surface area contributed by atoms with Gasteiger partial charge in [0.1, 0.15) is 6.10 Å². The monoisotopic (exact) mass is 247 g/mol. The van der Waals surface area contributed by atoms with Crippen LogP contribution in [0.2, 0.25) is 0 Å². The van der Waals surface area contributed by atoms with Crippen molar-refractivity contribution < 1.29 is 15.0 Å². The molecule has 0 fully saturated rings. The summed E-state index contributed by atoms with van der Waals surface area (Å²) in [6.07, 6.45) is 3.61. The molecule has 4 heteroatoms. The van der Waals surface area contributed by atoms with Crippen LogP contribution in [0.15, 0.2) is 24.3 Å². The summed E-state index contributed by atoms with van der Waals surface area (Å²) >= 11 is 0. The molecule has 18 heavy (non-hydrogen) atoms. The van der Waals surface area contributed by atoms with Crippen LogP contribution in [0.4, 0.5) is 0 Å². The van der Waals surface area contributed by atoms with Gasteiger partial charge in [-0.15, -0.1) is 6.42 Å². The van der Waals surface area contributed by atoms with Gasteiger partial charge in [-0.2, -0.15) is 0 Å². The van der Waals surface area contributed by atoms with E-state index in [1.54, 1.807) is 24.3 Å². The van der Waals surface area contributed by atoms with E-state index in [-0.39, 0.29) is 12.3 Å². The first kappa shape index (κ1) is 14.2. The maximum absolute atomic E-state index is 10.7. The maximum atomic E-state index is 10.7. The molecule has 0 aliphatic rings. The standard InChI is InChI=1S/C14H17NO3/c1-3-11-4-6-12(7-5-11)14(18)13(17)8-9-15-10(2)16/h1,4-7,13-14,17-18H,8-9H2,2H3,(H,15,16). The lowest BCUT2D eigenvalue weighted by atomic mass is 10.0. The minimum absolute atomic E-state index is 0.157. The van der Waals surface area contributed by atoms with Crippen LogP contribution >= 0.6 is 0 Å². The summed E-state index contributed by atoms with van der Waals surface area (Å²) in [5.74, 6) is 2.32. The molecule has 3 N–H and O–H groups in total. The van der Waals surface area contributed by atoms with Gasteiger partial charge >= 0.3 is 0 Å². The molecule has 0 heterocycles. The number of hydrogen-bond acceptors (Lipinski definition) is 3. The highest BCUT2D eigenvalue weighted by Gasteiger charge is 2.17. The van der Waals surface area contributed by atoms with Gasteiger partial charge in [-0.05, 0) is 24.1 Å². The van der Waals surface area contributed by atoms with Gasteiger partial charge in [0.15, 0.2) is 0 Å². The fourth-order valence-electron chi connectivity index (χ4n) is 1.55. The molecule has 0 spiro atoms. The maximum Gasteiger partial charge on any atom is 0.216 e. The van der Waals surface area contributed by atoms with Gasteiger partial charge in [-0.1, -0.05) is 18.1 Å². The molecule has 0 saturated heterocycles. The zero-order valence-electron chi connectivity index (χ0n) is 10.3. The third kappa shape index (κ3) is 4.21. The number of hydrogen-bond donors (Lipinski definition) is 3. The number of amides is 1. The van der Waals surface area contributed by atoms with Gasteiger partial charge in [0.2, 0.25) is 5.91 Å². The summed E-state index contributed by atoms with van der Waals surface area (Å²) in [6, 6.07) is 6.78. The number of carbonyl (C=O) groups excluding carboxylic acids is 1. The Morgan fingerprint density at radius 3 is 2.50 bits per heavy atom. The van der Waals surface area contributed by atoms with Crippen molar-refractivity contribution in [2.24, 2.45) is 0 Å². The molecule has 2 unspecified atom stereocenters. The normalized spacial score (nSPS) is 13.4. The molecule has 1 amide bonds. The predicted molar refractivity (Wildman–Crippen MR) is 68.6 cm³/mol. The molecular weight excluding hydrogens is 230 g/mol. The Bertz CT molecular complexity index is 433. The highest BCUT2D eigenvalue weighted by Crippen LogP contribution is 2.19. The van der Waals surface area contributed by atoms with E-state index >= 15 is 0 Å². The van der Waals surface area contributed by atoms with E-state index in [2.05, 4.69) is 11.2 Å². The van der Waals surface area contributed by atoms with Crippen LogP contribution in [0.1, 0.15) is 30.6 Å². The summed E-state index contributed by atoms with van der Waals surface area (Å²) in [7, 11) is 0.